The molecule has 1 aliphatic heterocycles. The summed E-state index contributed by atoms with van der Waals surface area (Å²) in [6.07, 6.45) is 3.43. The van der Waals surface area contributed by atoms with Gasteiger partial charge in [-0.3, -0.25) is 14.6 Å². The fourth-order valence-corrected chi connectivity index (χ4v) is 3.41. The van der Waals surface area contributed by atoms with Gasteiger partial charge in [-0.25, -0.2) is 13.8 Å². The van der Waals surface area contributed by atoms with Crippen LogP contribution >= 0.6 is 0 Å². The average molecular weight is 450 g/mol. The number of anilines is 1. The first-order valence-corrected chi connectivity index (χ1v) is 10.2. The van der Waals surface area contributed by atoms with Crippen LogP contribution in [0.2, 0.25) is 0 Å². The van der Waals surface area contributed by atoms with Crippen molar-refractivity contribution in [2.24, 2.45) is 5.16 Å². The molecule has 0 saturated heterocycles. The van der Waals surface area contributed by atoms with E-state index in [0.717, 1.165) is 23.3 Å². The van der Waals surface area contributed by atoms with Crippen molar-refractivity contribution in [2.75, 3.05) is 5.32 Å². The van der Waals surface area contributed by atoms with Crippen LogP contribution < -0.4 is 5.32 Å². The topological polar surface area (TPSA) is 93.5 Å². The second kappa shape index (κ2) is 8.50. The number of oxime groups is 1. The molecule has 0 radical (unpaired) electrons. The van der Waals surface area contributed by atoms with Crippen LogP contribution in [-0.4, -0.2) is 33.0 Å². The number of nitrogens with zero attached hydrogens (tertiary/aromatic N) is 3. The van der Waals surface area contributed by atoms with Gasteiger partial charge in [0.1, 0.15) is 17.2 Å². The molecule has 0 spiro atoms. The SMILES string of the molecule is CCc1ccc(C2=NOC(C)(C)C2=O)cc1-c1cnc(NC(=O)c2c(F)cccc2F)cn1. The maximum absolute atomic E-state index is 13.8. The minimum atomic E-state index is -1.02. The number of Topliss-reactive ketones (excluding diaryl/α,β-unsaturated/α-hetero) is 1. The Morgan fingerprint density at radius 1 is 1.09 bits per heavy atom. The van der Waals surface area contributed by atoms with E-state index in [9.17, 15) is 18.4 Å². The van der Waals surface area contributed by atoms with Crippen molar-refractivity contribution in [3.63, 3.8) is 0 Å². The van der Waals surface area contributed by atoms with Gasteiger partial charge < -0.3 is 10.2 Å². The van der Waals surface area contributed by atoms with Crippen LogP contribution in [0.1, 0.15) is 42.3 Å². The molecule has 33 heavy (non-hydrogen) atoms. The molecular formula is C24H20F2N4O3. The highest BCUT2D eigenvalue weighted by atomic mass is 19.1. The van der Waals surface area contributed by atoms with Crippen molar-refractivity contribution < 1.29 is 23.2 Å². The minimum absolute atomic E-state index is 0.0334. The molecule has 0 fully saturated rings. The Kier molecular flexibility index (Phi) is 5.71. The molecule has 2 heterocycles. The molecule has 1 aliphatic rings. The van der Waals surface area contributed by atoms with Crippen LogP contribution in [0.3, 0.4) is 0 Å². The molecule has 0 bridgehead atoms. The summed E-state index contributed by atoms with van der Waals surface area (Å²) in [6.45, 7) is 5.28. The number of aryl methyl sites for hydroxylation is 1. The Morgan fingerprint density at radius 3 is 2.39 bits per heavy atom. The summed E-state index contributed by atoms with van der Waals surface area (Å²) in [4.78, 5) is 38.6. The van der Waals surface area contributed by atoms with Gasteiger partial charge in [0.25, 0.3) is 5.91 Å². The lowest BCUT2D eigenvalue weighted by Gasteiger charge is -2.13. The van der Waals surface area contributed by atoms with Gasteiger partial charge >= 0.3 is 0 Å². The highest BCUT2D eigenvalue weighted by Gasteiger charge is 2.40. The van der Waals surface area contributed by atoms with E-state index in [2.05, 4.69) is 20.4 Å². The Bertz CT molecular complexity index is 1270. The summed E-state index contributed by atoms with van der Waals surface area (Å²) in [6, 6.07) is 8.64. The van der Waals surface area contributed by atoms with Gasteiger partial charge in [0.2, 0.25) is 5.78 Å². The Morgan fingerprint density at radius 2 is 1.82 bits per heavy atom. The first-order chi connectivity index (χ1) is 15.7. The second-order valence-electron chi connectivity index (χ2n) is 7.93. The van der Waals surface area contributed by atoms with Crippen molar-refractivity contribution in [1.29, 1.82) is 0 Å². The van der Waals surface area contributed by atoms with Crippen LogP contribution in [0, 0.1) is 11.6 Å². The molecule has 1 amide bonds. The van der Waals surface area contributed by atoms with E-state index in [-0.39, 0.29) is 17.3 Å². The van der Waals surface area contributed by atoms with E-state index >= 15 is 0 Å². The molecule has 0 unspecified atom stereocenters. The number of carbonyl (C=O) groups is 2. The van der Waals surface area contributed by atoms with Crippen molar-refractivity contribution in [3.8, 4) is 11.3 Å². The highest BCUT2D eigenvalue weighted by Crippen LogP contribution is 2.28. The third kappa shape index (κ3) is 4.21. The number of hydrogen-bond donors (Lipinski definition) is 1. The molecule has 3 aromatic rings. The van der Waals surface area contributed by atoms with Gasteiger partial charge in [0, 0.05) is 11.1 Å². The third-order valence-electron chi connectivity index (χ3n) is 5.25. The zero-order valence-corrected chi connectivity index (χ0v) is 18.1. The lowest BCUT2D eigenvalue weighted by atomic mass is 9.92. The molecule has 1 aromatic heterocycles. The van der Waals surface area contributed by atoms with Crippen molar-refractivity contribution in [3.05, 3.63) is 77.1 Å². The van der Waals surface area contributed by atoms with E-state index in [1.54, 1.807) is 26.0 Å². The number of amides is 1. The molecule has 0 saturated carbocycles. The molecule has 0 atom stereocenters. The average Bonchev–Trinajstić information content (AvgIpc) is 3.06. The number of rotatable bonds is 5. The van der Waals surface area contributed by atoms with E-state index in [4.69, 9.17) is 4.84 Å². The number of ketones is 1. The van der Waals surface area contributed by atoms with Gasteiger partial charge in [0.05, 0.1) is 18.1 Å². The van der Waals surface area contributed by atoms with E-state index in [0.29, 0.717) is 17.7 Å². The number of hydrogen-bond acceptors (Lipinski definition) is 6. The summed E-state index contributed by atoms with van der Waals surface area (Å²) in [5, 5.41) is 6.29. The van der Waals surface area contributed by atoms with Crippen LogP contribution in [-0.2, 0) is 16.1 Å². The molecule has 0 aliphatic carbocycles. The van der Waals surface area contributed by atoms with Crippen LogP contribution in [0.4, 0.5) is 14.6 Å². The van der Waals surface area contributed by atoms with E-state index in [1.807, 2.05) is 13.0 Å². The number of carbonyl (C=O) groups excluding carboxylic acids is 2. The maximum atomic E-state index is 13.8. The highest BCUT2D eigenvalue weighted by molar-refractivity contribution is 6.49. The first kappa shape index (κ1) is 22.2. The zero-order valence-electron chi connectivity index (χ0n) is 18.1. The molecule has 9 heteroatoms. The van der Waals surface area contributed by atoms with Gasteiger partial charge in [-0.1, -0.05) is 30.3 Å². The van der Waals surface area contributed by atoms with Gasteiger partial charge in [-0.15, -0.1) is 0 Å². The third-order valence-corrected chi connectivity index (χ3v) is 5.25. The lowest BCUT2D eigenvalue weighted by molar-refractivity contribution is -0.128. The predicted octanol–water partition coefficient (Wildman–Crippen LogP) is 4.32. The van der Waals surface area contributed by atoms with Crippen molar-refractivity contribution in [2.45, 2.75) is 32.8 Å². The molecule has 4 rings (SSSR count). The van der Waals surface area contributed by atoms with Gasteiger partial charge in [0.15, 0.2) is 17.1 Å². The minimum Gasteiger partial charge on any atom is -0.381 e. The van der Waals surface area contributed by atoms with Crippen LogP contribution in [0.5, 0.6) is 0 Å². The van der Waals surface area contributed by atoms with Gasteiger partial charge in [-0.05, 0) is 44.0 Å². The van der Waals surface area contributed by atoms with E-state index < -0.39 is 28.7 Å². The molecule has 7 nitrogen and oxygen atoms in total. The van der Waals surface area contributed by atoms with Gasteiger partial charge in [-0.2, -0.15) is 0 Å². The number of benzene rings is 2. The Labute approximate surface area is 188 Å². The summed E-state index contributed by atoms with van der Waals surface area (Å²) >= 11 is 0. The van der Waals surface area contributed by atoms with Crippen LogP contribution in [0.15, 0.2) is 53.9 Å². The smallest absolute Gasteiger partial charge is 0.262 e. The fourth-order valence-electron chi connectivity index (χ4n) is 3.41. The zero-order chi connectivity index (χ0) is 23.8. The summed E-state index contributed by atoms with van der Waals surface area (Å²) in [7, 11) is 0. The molecular weight excluding hydrogens is 430 g/mol. The normalized spacial score (nSPS) is 14.6. The maximum Gasteiger partial charge on any atom is 0.262 e. The Balaban J connectivity index is 1.61. The quantitative estimate of drug-likeness (QED) is 0.625. The van der Waals surface area contributed by atoms with E-state index in [1.165, 1.54) is 18.5 Å². The largest absolute Gasteiger partial charge is 0.381 e. The fraction of sp³-hybridized carbons (Fsp3) is 0.208. The van der Waals surface area contributed by atoms with Crippen molar-refractivity contribution in [1.82, 2.24) is 9.97 Å². The summed E-state index contributed by atoms with van der Waals surface area (Å²) < 4.78 is 27.7. The predicted molar refractivity (Wildman–Crippen MR) is 118 cm³/mol. The molecule has 168 valence electrons. The summed E-state index contributed by atoms with van der Waals surface area (Å²) in [5.74, 6) is -3.10. The molecule has 2 aromatic carbocycles. The van der Waals surface area contributed by atoms with Crippen molar-refractivity contribution >= 4 is 23.2 Å². The number of halogens is 2. The Hall–Kier alpha value is -4.01. The summed E-state index contributed by atoms with van der Waals surface area (Å²) in [5.41, 5.74) is 1.30. The first-order valence-electron chi connectivity index (χ1n) is 10.2. The van der Waals surface area contributed by atoms with Crippen LogP contribution in [0.25, 0.3) is 11.3 Å². The number of aromatic nitrogens is 2. The monoisotopic (exact) mass is 450 g/mol. The standard InChI is InChI=1S/C24H20F2N4O3/c1-4-13-8-9-14(21-22(31)24(2,3)33-30-21)10-15(13)18-11-28-19(12-27-18)29-23(32)20-16(25)6-5-7-17(20)26/h5-12H,4H2,1-3H3,(H,28,29,32). The number of nitrogens with one attached hydrogen (secondary N) is 1. The molecule has 1 N–H and O–H groups in total. The second-order valence-corrected chi connectivity index (χ2v) is 7.93. The lowest BCUT2D eigenvalue weighted by Crippen LogP contribution is -2.33.